The normalized spacial score (nSPS) is 18.2. The van der Waals surface area contributed by atoms with E-state index in [0.29, 0.717) is 5.56 Å². The van der Waals surface area contributed by atoms with E-state index >= 15 is 0 Å². The number of aryl methyl sites for hydroxylation is 2. The molecule has 4 aromatic rings. The van der Waals surface area contributed by atoms with Crippen LogP contribution in [0.2, 0.25) is 0 Å². The molecule has 8 nitrogen and oxygen atoms in total. The number of rotatable bonds is 5. The number of pyridine rings is 1. The van der Waals surface area contributed by atoms with Gasteiger partial charge in [0.25, 0.3) is 5.56 Å². The van der Waals surface area contributed by atoms with Gasteiger partial charge in [0.05, 0.1) is 6.04 Å². The van der Waals surface area contributed by atoms with Gasteiger partial charge in [0, 0.05) is 48.3 Å². The number of aromatic nitrogens is 5. The highest BCUT2D eigenvalue weighted by molar-refractivity contribution is 5.83. The minimum atomic E-state index is -0.365. The minimum Gasteiger partial charge on any atom is -0.369 e. The van der Waals surface area contributed by atoms with E-state index < -0.39 is 0 Å². The average Bonchev–Trinajstić information content (AvgIpc) is 3.40. The smallest absolute Gasteiger partial charge is 0.253 e. The molecule has 1 atom stereocenters. The maximum atomic E-state index is 13.6. The molecule has 0 amide bonds. The van der Waals surface area contributed by atoms with Crippen molar-refractivity contribution in [1.82, 2.24) is 30.1 Å². The van der Waals surface area contributed by atoms with E-state index in [0.717, 1.165) is 72.6 Å². The lowest BCUT2D eigenvalue weighted by molar-refractivity contribution is 0.192. The van der Waals surface area contributed by atoms with Crippen molar-refractivity contribution in [3.63, 3.8) is 0 Å². The van der Waals surface area contributed by atoms with Crippen LogP contribution in [0.15, 0.2) is 47.3 Å². The molecule has 2 aliphatic rings. The van der Waals surface area contributed by atoms with Crippen molar-refractivity contribution in [3.8, 4) is 0 Å². The molecular formula is C29H34FN7O. The summed E-state index contributed by atoms with van der Waals surface area (Å²) in [5.74, 6) is 0.504. The Kier molecular flexibility index (Phi) is 6.69. The molecule has 1 saturated heterocycles. The number of anilines is 1. The number of benzene rings is 2. The molecule has 1 aliphatic heterocycles. The summed E-state index contributed by atoms with van der Waals surface area (Å²) in [7, 11) is 0. The van der Waals surface area contributed by atoms with Gasteiger partial charge >= 0.3 is 0 Å². The van der Waals surface area contributed by atoms with Crippen LogP contribution >= 0.6 is 0 Å². The fourth-order valence-electron chi connectivity index (χ4n) is 6.25. The number of nitrogens with zero attached hydrogens (tertiary/aromatic N) is 6. The Hall–Kier alpha value is -3.59. The van der Waals surface area contributed by atoms with E-state index in [2.05, 4.69) is 43.3 Å². The van der Waals surface area contributed by atoms with Crippen molar-refractivity contribution in [1.29, 1.82) is 0 Å². The number of tetrazole rings is 1. The maximum Gasteiger partial charge on any atom is 0.253 e. The lowest BCUT2D eigenvalue weighted by Crippen LogP contribution is -2.49. The third kappa shape index (κ3) is 4.71. The maximum absolute atomic E-state index is 13.6. The van der Waals surface area contributed by atoms with Crippen LogP contribution in [0.25, 0.3) is 10.9 Å². The van der Waals surface area contributed by atoms with Gasteiger partial charge in [-0.2, -0.15) is 0 Å². The van der Waals surface area contributed by atoms with E-state index in [1.54, 1.807) is 0 Å². The quantitative estimate of drug-likeness (QED) is 0.415. The highest BCUT2D eigenvalue weighted by atomic mass is 19.1. The Bertz CT molecular complexity index is 1480. The van der Waals surface area contributed by atoms with E-state index in [1.807, 2.05) is 35.9 Å². The van der Waals surface area contributed by atoms with Crippen molar-refractivity contribution in [3.05, 3.63) is 81.2 Å². The topological polar surface area (TPSA) is 82.9 Å². The van der Waals surface area contributed by atoms with Gasteiger partial charge in [-0.3, -0.25) is 9.69 Å². The van der Waals surface area contributed by atoms with Crippen LogP contribution in [-0.4, -0.2) is 56.3 Å². The second kappa shape index (κ2) is 10.3. The summed E-state index contributed by atoms with van der Waals surface area (Å²) in [5.41, 5.74) is 4.67. The fraction of sp³-hybridized carbons (Fsp3) is 0.448. The third-order valence-corrected chi connectivity index (χ3v) is 8.19. The Labute approximate surface area is 221 Å². The third-order valence-electron chi connectivity index (χ3n) is 8.19. The molecule has 0 unspecified atom stereocenters. The van der Waals surface area contributed by atoms with Gasteiger partial charge in [0.15, 0.2) is 5.82 Å². The van der Waals surface area contributed by atoms with Crippen molar-refractivity contribution in [2.24, 2.45) is 0 Å². The molecule has 2 fully saturated rings. The van der Waals surface area contributed by atoms with Gasteiger partial charge in [-0.1, -0.05) is 25.3 Å². The lowest BCUT2D eigenvalue weighted by Gasteiger charge is -2.40. The highest BCUT2D eigenvalue weighted by Crippen LogP contribution is 2.34. The molecule has 38 heavy (non-hydrogen) atoms. The first-order chi connectivity index (χ1) is 18.5. The van der Waals surface area contributed by atoms with Gasteiger partial charge in [0.1, 0.15) is 11.9 Å². The Morgan fingerprint density at radius 2 is 1.71 bits per heavy atom. The van der Waals surface area contributed by atoms with Crippen molar-refractivity contribution in [2.75, 3.05) is 31.1 Å². The van der Waals surface area contributed by atoms with Crippen LogP contribution in [0.4, 0.5) is 10.1 Å². The van der Waals surface area contributed by atoms with Gasteiger partial charge in [-0.05, 0) is 84.6 Å². The molecule has 6 rings (SSSR count). The van der Waals surface area contributed by atoms with Gasteiger partial charge in [-0.15, -0.1) is 5.10 Å². The summed E-state index contributed by atoms with van der Waals surface area (Å²) in [5, 5.41) is 14.1. The molecule has 0 spiro atoms. The Morgan fingerprint density at radius 3 is 2.45 bits per heavy atom. The monoisotopic (exact) mass is 515 g/mol. The average molecular weight is 516 g/mol. The zero-order valence-electron chi connectivity index (χ0n) is 22.0. The Balaban J connectivity index is 1.40. The van der Waals surface area contributed by atoms with Crippen LogP contribution in [0.1, 0.15) is 66.7 Å². The summed E-state index contributed by atoms with van der Waals surface area (Å²) >= 11 is 0. The van der Waals surface area contributed by atoms with E-state index in [-0.39, 0.29) is 23.5 Å². The Morgan fingerprint density at radius 1 is 0.974 bits per heavy atom. The van der Waals surface area contributed by atoms with Crippen LogP contribution in [0.3, 0.4) is 0 Å². The van der Waals surface area contributed by atoms with Crippen molar-refractivity contribution >= 4 is 16.6 Å². The number of hydrogen-bond acceptors (Lipinski definition) is 6. The first-order valence-electron chi connectivity index (χ1n) is 13.6. The van der Waals surface area contributed by atoms with Gasteiger partial charge < -0.3 is 9.88 Å². The number of fused-ring (bicyclic) bond motifs is 1. The molecule has 0 bridgehead atoms. The first kappa shape index (κ1) is 24.7. The molecule has 2 aromatic heterocycles. The van der Waals surface area contributed by atoms with Gasteiger partial charge in [0.2, 0.25) is 0 Å². The van der Waals surface area contributed by atoms with E-state index in [9.17, 15) is 9.18 Å². The lowest BCUT2D eigenvalue weighted by atomic mass is 9.94. The van der Waals surface area contributed by atoms with Crippen LogP contribution in [-0.2, 0) is 0 Å². The molecule has 198 valence electrons. The zero-order valence-corrected chi connectivity index (χ0v) is 22.0. The number of hydrogen-bond donors (Lipinski definition) is 1. The second-order valence-electron chi connectivity index (χ2n) is 10.8. The zero-order chi connectivity index (χ0) is 26.2. The van der Waals surface area contributed by atoms with E-state index in [1.165, 1.54) is 31.4 Å². The predicted octanol–water partition coefficient (Wildman–Crippen LogP) is 4.69. The predicted molar refractivity (Wildman–Crippen MR) is 146 cm³/mol. The molecule has 9 heteroatoms. The van der Waals surface area contributed by atoms with Gasteiger partial charge in [-0.25, -0.2) is 9.07 Å². The molecular weight excluding hydrogens is 481 g/mol. The highest BCUT2D eigenvalue weighted by Gasteiger charge is 2.34. The van der Waals surface area contributed by atoms with Crippen LogP contribution in [0.5, 0.6) is 0 Å². The number of H-pyrrole nitrogens is 1. The minimum absolute atomic E-state index is 0.105. The first-order valence-corrected chi connectivity index (χ1v) is 13.6. The fourth-order valence-corrected chi connectivity index (χ4v) is 6.25. The summed E-state index contributed by atoms with van der Waals surface area (Å²) in [6, 6.07) is 12.7. The molecule has 1 N–H and O–H groups in total. The second-order valence-corrected chi connectivity index (χ2v) is 10.8. The summed E-state index contributed by atoms with van der Waals surface area (Å²) < 4.78 is 15.5. The molecule has 1 saturated carbocycles. The number of piperazine rings is 1. The number of nitrogens with one attached hydrogen (secondary N) is 1. The summed E-state index contributed by atoms with van der Waals surface area (Å²) in [6.45, 7) is 7.10. The van der Waals surface area contributed by atoms with Crippen LogP contribution < -0.4 is 10.5 Å². The largest absolute Gasteiger partial charge is 0.369 e. The van der Waals surface area contributed by atoms with E-state index in [4.69, 9.17) is 0 Å². The summed E-state index contributed by atoms with van der Waals surface area (Å²) in [4.78, 5) is 21.4. The molecule has 2 aromatic carbocycles. The molecule has 1 aliphatic carbocycles. The van der Waals surface area contributed by atoms with Crippen LogP contribution in [0, 0.1) is 19.7 Å². The number of halogens is 1. The molecule has 3 heterocycles. The SMILES string of the molecule is Cc1cc(C)c2cc([C@H](c3nnnn3C3CCCCC3)N3CCN(c4ccc(F)cc4)CC3)c(=O)[nH]c2c1. The summed E-state index contributed by atoms with van der Waals surface area (Å²) in [6.07, 6.45) is 5.68. The standard InChI is InChI=1S/C29H34FN7O/c1-19-16-20(2)24-18-25(29(38)31-26(24)17-19)27(28-32-33-34-37(28)23-6-4-3-5-7-23)36-14-12-35(13-15-36)22-10-8-21(30)9-11-22/h8-11,16-18,23,27H,3-7,12-15H2,1-2H3,(H,31,38)/t27-/m1/s1. The van der Waals surface area contributed by atoms with Crippen molar-refractivity contribution < 1.29 is 4.39 Å². The van der Waals surface area contributed by atoms with Crippen molar-refractivity contribution in [2.45, 2.75) is 58.0 Å². The number of aromatic amines is 1. The molecule has 0 radical (unpaired) electrons.